The number of ether oxygens (including phenoxy) is 1. The van der Waals surface area contributed by atoms with Gasteiger partial charge in [0.25, 0.3) is 0 Å². The third kappa shape index (κ3) is 2.60. The summed E-state index contributed by atoms with van der Waals surface area (Å²) in [6, 6.07) is 0. The zero-order valence-corrected chi connectivity index (χ0v) is 15.4. The van der Waals surface area contributed by atoms with E-state index in [0.717, 1.165) is 6.42 Å². The summed E-state index contributed by atoms with van der Waals surface area (Å²) in [5.41, 5.74) is -0.815. The Hall–Kier alpha value is 0.0969. The van der Waals surface area contributed by atoms with Gasteiger partial charge in [0.15, 0.2) is 8.32 Å². The average molecular weight is 301 g/mol. The highest BCUT2D eigenvalue weighted by Crippen LogP contribution is 2.56. The first-order chi connectivity index (χ1) is 8.82. The molecule has 0 amide bonds. The van der Waals surface area contributed by atoms with E-state index in [1.807, 2.05) is 6.92 Å². The molecular formula is C16H32O3Si. The van der Waals surface area contributed by atoms with Gasteiger partial charge < -0.3 is 14.3 Å². The predicted octanol–water partition coefficient (Wildman–Crippen LogP) is 3.72. The van der Waals surface area contributed by atoms with Crippen LogP contribution < -0.4 is 0 Å². The number of fused-ring (bicyclic) bond motifs is 1. The molecule has 4 atom stereocenters. The lowest BCUT2D eigenvalue weighted by Crippen LogP contribution is -2.56. The van der Waals surface area contributed by atoms with Gasteiger partial charge in [0.1, 0.15) is 0 Å². The van der Waals surface area contributed by atoms with E-state index in [1.54, 1.807) is 0 Å². The smallest absolute Gasteiger partial charge is 0.192 e. The van der Waals surface area contributed by atoms with Crippen LogP contribution in [0.4, 0.5) is 0 Å². The highest BCUT2D eigenvalue weighted by Gasteiger charge is 2.66. The van der Waals surface area contributed by atoms with Crippen LogP contribution in [-0.4, -0.2) is 36.8 Å². The maximum Gasteiger partial charge on any atom is 0.192 e. The first-order valence-corrected chi connectivity index (χ1v) is 10.8. The summed E-state index contributed by atoms with van der Waals surface area (Å²) in [4.78, 5) is 0. The average Bonchev–Trinajstić information content (AvgIpc) is 2.88. The fourth-order valence-electron chi connectivity index (χ4n) is 3.09. The number of epoxide rings is 1. The van der Waals surface area contributed by atoms with Gasteiger partial charge in [-0.2, -0.15) is 0 Å². The molecule has 1 aliphatic heterocycles. The monoisotopic (exact) mass is 300 g/mol. The van der Waals surface area contributed by atoms with Gasteiger partial charge in [0.2, 0.25) is 0 Å². The predicted molar refractivity (Wildman–Crippen MR) is 84.4 cm³/mol. The zero-order chi connectivity index (χ0) is 15.6. The number of hydrogen-bond acceptors (Lipinski definition) is 3. The molecule has 3 nitrogen and oxygen atoms in total. The molecule has 1 saturated carbocycles. The Labute approximate surface area is 125 Å². The summed E-state index contributed by atoms with van der Waals surface area (Å²) in [5, 5.41) is 10.9. The van der Waals surface area contributed by atoms with Crippen molar-refractivity contribution in [3.8, 4) is 0 Å². The standard InChI is InChI=1S/C16H32O3Si/c1-11(2)16-10-12(15(6,17)9-13(16)18-16)19-20(7,8)14(3,4)5/h11-13,17H,9-10H2,1-8H3/t12-,13-,15+,16-/m1/s1. The van der Waals surface area contributed by atoms with E-state index in [-0.39, 0.29) is 22.8 Å². The Morgan fingerprint density at radius 1 is 1.25 bits per heavy atom. The molecular weight excluding hydrogens is 268 g/mol. The van der Waals surface area contributed by atoms with Gasteiger partial charge in [-0.25, -0.2) is 0 Å². The van der Waals surface area contributed by atoms with E-state index >= 15 is 0 Å². The van der Waals surface area contributed by atoms with Crippen LogP contribution in [0, 0.1) is 5.92 Å². The van der Waals surface area contributed by atoms with Crippen LogP contribution in [0.2, 0.25) is 18.1 Å². The second-order valence-electron chi connectivity index (χ2n) is 8.85. The molecule has 0 aromatic carbocycles. The Morgan fingerprint density at radius 2 is 1.80 bits per heavy atom. The van der Waals surface area contributed by atoms with Crippen LogP contribution in [0.15, 0.2) is 0 Å². The van der Waals surface area contributed by atoms with Gasteiger partial charge >= 0.3 is 0 Å². The molecule has 118 valence electrons. The summed E-state index contributed by atoms with van der Waals surface area (Å²) in [6.07, 6.45) is 1.64. The molecule has 2 fully saturated rings. The molecule has 0 unspecified atom stereocenters. The lowest BCUT2D eigenvalue weighted by molar-refractivity contribution is -0.0825. The minimum atomic E-state index is -1.88. The zero-order valence-electron chi connectivity index (χ0n) is 14.4. The molecule has 0 aromatic heterocycles. The van der Waals surface area contributed by atoms with E-state index in [2.05, 4.69) is 47.7 Å². The molecule has 1 N–H and O–H groups in total. The molecule has 0 radical (unpaired) electrons. The van der Waals surface area contributed by atoms with Gasteiger partial charge in [-0.15, -0.1) is 0 Å². The summed E-state index contributed by atoms with van der Waals surface area (Å²) < 4.78 is 12.5. The summed E-state index contributed by atoms with van der Waals surface area (Å²) in [5.74, 6) is 0.481. The fraction of sp³-hybridized carbons (Fsp3) is 1.00. The number of hydrogen-bond donors (Lipinski definition) is 1. The van der Waals surface area contributed by atoms with Crippen molar-refractivity contribution in [1.82, 2.24) is 0 Å². The molecule has 2 rings (SSSR count). The van der Waals surface area contributed by atoms with Gasteiger partial charge in [0, 0.05) is 12.8 Å². The van der Waals surface area contributed by atoms with Gasteiger partial charge in [0.05, 0.1) is 23.4 Å². The van der Waals surface area contributed by atoms with Crippen LogP contribution in [0.5, 0.6) is 0 Å². The van der Waals surface area contributed by atoms with Crippen molar-refractivity contribution in [2.45, 2.75) is 95.9 Å². The van der Waals surface area contributed by atoms with Crippen molar-refractivity contribution in [1.29, 1.82) is 0 Å². The van der Waals surface area contributed by atoms with E-state index < -0.39 is 13.9 Å². The Morgan fingerprint density at radius 3 is 2.25 bits per heavy atom. The van der Waals surface area contributed by atoms with Crippen molar-refractivity contribution in [3.05, 3.63) is 0 Å². The molecule has 0 aromatic rings. The SMILES string of the molecule is CC(C)[C@]12C[C@@H](O[Si](C)(C)C(C)(C)C)[C@@](C)(O)C[C@H]1O2. The minimum Gasteiger partial charge on any atom is -0.411 e. The lowest BCUT2D eigenvalue weighted by atomic mass is 9.73. The molecule has 0 bridgehead atoms. The first kappa shape index (κ1) is 16.5. The Bertz CT molecular complexity index is 384. The van der Waals surface area contributed by atoms with Crippen LogP contribution in [0.25, 0.3) is 0 Å². The summed E-state index contributed by atoms with van der Waals surface area (Å²) >= 11 is 0. The molecule has 1 aliphatic carbocycles. The normalized spacial score (nSPS) is 41.7. The minimum absolute atomic E-state index is 0.0464. The van der Waals surface area contributed by atoms with Crippen LogP contribution >= 0.6 is 0 Å². The highest BCUT2D eigenvalue weighted by atomic mass is 28.4. The van der Waals surface area contributed by atoms with Gasteiger partial charge in [-0.05, 0) is 31.0 Å². The molecule has 20 heavy (non-hydrogen) atoms. The number of rotatable bonds is 3. The second kappa shape index (κ2) is 4.54. The topological polar surface area (TPSA) is 42.0 Å². The molecule has 0 spiro atoms. The van der Waals surface area contributed by atoms with Crippen LogP contribution in [0.3, 0.4) is 0 Å². The third-order valence-corrected chi connectivity index (χ3v) is 10.4. The highest BCUT2D eigenvalue weighted by molar-refractivity contribution is 6.74. The van der Waals surface area contributed by atoms with Crippen molar-refractivity contribution in [3.63, 3.8) is 0 Å². The summed E-state index contributed by atoms with van der Waals surface area (Å²) in [7, 11) is -1.88. The summed E-state index contributed by atoms with van der Waals surface area (Å²) in [6.45, 7) is 17.6. The van der Waals surface area contributed by atoms with Crippen LogP contribution in [-0.2, 0) is 9.16 Å². The van der Waals surface area contributed by atoms with Crippen molar-refractivity contribution in [2.24, 2.45) is 5.92 Å². The maximum absolute atomic E-state index is 10.8. The Kier molecular flexibility index (Phi) is 3.74. The molecule has 2 aliphatic rings. The quantitative estimate of drug-likeness (QED) is 0.638. The van der Waals surface area contributed by atoms with Gasteiger partial charge in [-0.1, -0.05) is 34.6 Å². The fourth-order valence-corrected chi connectivity index (χ4v) is 4.49. The molecule has 4 heteroatoms. The second-order valence-corrected chi connectivity index (χ2v) is 13.6. The van der Waals surface area contributed by atoms with Crippen molar-refractivity contribution in [2.75, 3.05) is 0 Å². The van der Waals surface area contributed by atoms with Crippen molar-refractivity contribution >= 4 is 8.32 Å². The molecule has 1 saturated heterocycles. The largest absolute Gasteiger partial charge is 0.411 e. The Balaban J connectivity index is 2.17. The first-order valence-electron chi connectivity index (χ1n) is 7.90. The van der Waals surface area contributed by atoms with Gasteiger partial charge in [-0.3, -0.25) is 0 Å². The number of aliphatic hydroxyl groups is 1. The van der Waals surface area contributed by atoms with E-state index in [4.69, 9.17) is 9.16 Å². The van der Waals surface area contributed by atoms with Crippen molar-refractivity contribution < 1.29 is 14.3 Å². The van der Waals surface area contributed by atoms with E-state index in [0.29, 0.717) is 12.3 Å². The van der Waals surface area contributed by atoms with Crippen LogP contribution in [0.1, 0.15) is 54.4 Å². The van der Waals surface area contributed by atoms with E-state index in [1.165, 1.54) is 0 Å². The maximum atomic E-state index is 10.8. The third-order valence-electron chi connectivity index (χ3n) is 5.87. The molecule has 1 heterocycles. The lowest BCUT2D eigenvalue weighted by Gasteiger charge is -2.46. The van der Waals surface area contributed by atoms with E-state index in [9.17, 15) is 5.11 Å².